The van der Waals surface area contributed by atoms with Gasteiger partial charge in [-0.15, -0.1) is 0 Å². The summed E-state index contributed by atoms with van der Waals surface area (Å²) in [6.07, 6.45) is 0.866. The first-order valence-electron chi connectivity index (χ1n) is 7.63. The fourth-order valence-corrected chi connectivity index (χ4v) is 2.15. The third kappa shape index (κ3) is 4.71. The van der Waals surface area contributed by atoms with Crippen LogP contribution in [0.4, 0.5) is 0 Å². The molecule has 0 aliphatic heterocycles. The fraction of sp³-hybridized carbons (Fsp3) is 0.333. The van der Waals surface area contributed by atoms with Crippen LogP contribution in [0, 0.1) is 5.92 Å². The molecule has 5 heteroatoms. The van der Waals surface area contributed by atoms with E-state index >= 15 is 0 Å². The smallest absolute Gasteiger partial charge is 0.342 e. The first-order valence-corrected chi connectivity index (χ1v) is 7.63. The monoisotopic (exact) mass is 315 g/mol. The van der Waals surface area contributed by atoms with Crippen molar-refractivity contribution in [3.05, 3.63) is 42.0 Å². The second-order valence-electron chi connectivity index (χ2n) is 5.83. The van der Waals surface area contributed by atoms with Crippen molar-refractivity contribution in [2.75, 3.05) is 13.2 Å². The van der Waals surface area contributed by atoms with E-state index in [4.69, 9.17) is 4.74 Å². The molecule has 122 valence electrons. The Labute approximate surface area is 135 Å². The van der Waals surface area contributed by atoms with E-state index in [9.17, 15) is 14.7 Å². The number of aromatic hydroxyl groups is 1. The van der Waals surface area contributed by atoms with E-state index < -0.39 is 5.97 Å². The third-order valence-electron chi connectivity index (χ3n) is 3.46. The molecule has 0 radical (unpaired) electrons. The number of fused-ring (bicyclic) bond motifs is 1. The summed E-state index contributed by atoms with van der Waals surface area (Å²) in [7, 11) is 0. The lowest BCUT2D eigenvalue weighted by atomic mass is 10.1. The Kier molecular flexibility index (Phi) is 5.57. The molecule has 2 N–H and O–H groups in total. The number of amides is 1. The molecule has 0 aromatic heterocycles. The lowest BCUT2D eigenvalue weighted by Crippen LogP contribution is -2.30. The van der Waals surface area contributed by atoms with Crippen LogP contribution in [0.5, 0.6) is 5.75 Å². The molecule has 2 aromatic rings. The minimum atomic E-state index is -0.715. The average molecular weight is 315 g/mol. The summed E-state index contributed by atoms with van der Waals surface area (Å²) in [5, 5.41) is 14.3. The molecule has 1 amide bonds. The van der Waals surface area contributed by atoms with Crippen molar-refractivity contribution in [3.8, 4) is 5.75 Å². The molecular weight excluding hydrogens is 294 g/mol. The van der Waals surface area contributed by atoms with Gasteiger partial charge in [-0.25, -0.2) is 4.79 Å². The number of carbonyl (C=O) groups excluding carboxylic acids is 2. The highest BCUT2D eigenvalue weighted by atomic mass is 16.5. The second-order valence-corrected chi connectivity index (χ2v) is 5.83. The van der Waals surface area contributed by atoms with E-state index in [2.05, 4.69) is 19.2 Å². The van der Waals surface area contributed by atoms with Gasteiger partial charge >= 0.3 is 5.97 Å². The predicted octanol–water partition coefficient (Wildman–Crippen LogP) is 2.86. The number of rotatable bonds is 6. The highest BCUT2D eigenvalue weighted by molar-refractivity contribution is 5.99. The van der Waals surface area contributed by atoms with Crippen LogP contribution in [0.25, 0.3) is 10.8 Å². The van der Waals surface area contributed by atoms with Gasteiger partial charge in [0.05, 0.1) is 0 Å². The highest BCUT2D eigenvalue weighted by Gasteiger charge is 2.15. The molecule has 0 atom stereocenters. The number of ether oxygens (including phenoxy) is 1. The Hall–Kier alpha value is -2.56. The molecule has 0 fully saturated rings. The van der Waals surface area contributed by atoms with Gasteiger partial charge in [-0.2, -0.15) is 0 Å². The van der Waals surface area contributed by atoms with Crippen molar-refractivity contribution in [1.29, 1.82) is 0 Å². The van der Waals surface area contributed by atoms with Crippen LogP contribution in [-0.2, 0) is 9.53 Å². The molecule has 0 heterocycles. The van der Waals surface area contributed by atoms with Crippen LogP contribution in [0.2, 0.25) is 0 Å². The van der Waals surface area contributed by atoms with Crippen LogP contribution in [0.3, 0.4) is 0 Å². The number of hydrogen-bond acceptors (Lipinski definition) is 4. The summed E-state index contributed by atoms with van der Waals surface area (Å²) >= 11 is 0. The van der Waals surface area contributed by atoms with Crippen molar-refractivity contribution in [1.82, 2.24) is 5.32 Å². The van der Waals surface area contributed by atoms with Crippen molar-refractivity contribution in [2.24, 2.45) is 5.92 Å². The molecule has 0 aliphatic carbocycles. The van der Waals surface area contributed by atoms with Crippen molar-refractivity contribution < 1.29 is 19.4 Å². The number of esters is 1. The van der Waals surface area contributed by atoms with Crippen molar-refractivity contribution in [2.45, 2.75) is 20.3 Å². The average Bonchev–Trinajstić information content (AvgIpc) is 2.51. The highest BCUT2D eigenvalue weighted by Crippen LogP contribution is 2.25. The lowest BCUT2D eigenvalue weighted by Gasteiger charge is -2.09. The van der Waals surface area contributed by atoms with Gasteiger partial charge in [-0.1, -0.05) is 38.1 Å². The maximum absolute atomic E-state index is 12.0. The standard InChI is InChI=1S/C18H21NO4/c1-12(2)7-8-19-17(21)11-23-18(22)15-9-13-5-3-4-6-14(13)10-16(15)20/h3-6,9-10,12,20H,7-8,11H2,1-2H3,(H,19,21). The van der Waals surface area contributed by atoms with Gasteiger partial charge in [0, 0.05) is 6.54 Å². The summed E-state index contributed by atoms with van der Waals surface area (Å²) in [5.41, 5.74) is 0.0543. The van der Waals surface area contributed by atoms with Gasteiger partial charge in [0.2, 0.25) is 0 Å². The molecule has 0 saturated carbocycles. The maximum atomic E-state index is 12.0. The Morgan fingerprint density at radius 3 is 2.48 bits per heavy atom. The first-order chi connectivity index (χ1) is 11.0. The van der Waals surface area contributed by atoms with Gasteiger partial charge in [0.15, 0.2) is 6.61 Å². The number of carbonyl (C=O) groups is 2. The Bertz CT molecular complexity index is 709. The summed E-state index contributed by atoms with van der Waals surface area (Å²) in [5.74, 6) is -0.729. The van der Waals surface area contributed by atoms with E-state index in [1.807, 2.05) is 24.3 Å². The maximum Gasteiger partial charge on any atom is 0.342 e. The number of nitrogens with one attached hydrogen (secondary N) is 1. The van der Waals surface area contributed by atoms with E-state index in [-0.39, 0.29) is 23.8 Å². The Morgan fingerprint density at radius 1 is 1.17 bits per heavy atom. The number of phenolic OH excluding ortho intramolecular Hbond substituents is 1. The predicted molar refractivity (Wildman–Crippen MR) is 88.4 cm³/mol. The number of phenols is 1. The molecule has 0 bridgehead atoms. The molecular formula is C18H21NO4. The van der Waals surface area contributed by atoms with Crippen LogP contribution in [0.15, 0.2) is 36.4 Å². The van der Waals surface area contributed by atoms with Crippen LogP contribution in [-0.4, -0.2) is 30.1 Å². The van der Waals surface area contributed by atoms with E-state index in [1.165, 1.54) is 6.07 Å². The van der Waals surface area contributed by atoms with Crippen molar-refractivity contribution in [3.63, 3.8) is 0 Å². The van der Waals surface area contributed by atoms with Crippen LogP contribution >= 0.6 is 0 Å². The zero-order valence-corrected chi connectivity index (χ0v) is 13.3. The summed E-state index contributed by atoms with van der Waals surface area (Å²) in [4.78, 5) is 23.6. The second kappa shape index (κ2) is 7.63. The summed E-state index contributed by atoms with van der Waals surface area (Å²) in [6, 6.07) is 10.4. The van der Waals surface area contributed by atoms with Gasteiger partial charge < -0.3 is 15.2 Å². The largest absolute Gasteiger partial charge is 0.507 e. The van der Waals surface area contributed by atoms with Crippen molar-refractivity contribution >= 4 is 22.6 Å². The van der Waals surface area contributed by atoms with Crippen LogP contribution in [0.1, 0.15) is 30.6 Å². The minimum absolute atomic E-state index is 0.0543. The fourth-order valence-electron chi connectivity index (χ4n) is 2.15. The van der Waals surface area contributed by atoms with Gasteiger partial charge in [0.25, 0.3) is 5.91 Å². The Balaban J connectivity index is 1.95. The summed E-state index contributed by atoms with van der Waals surface area (Å²) in [6.45, 7) is 4.32. The molecule has 5 nitrogen and oxygen atoms in total. The van der Waals surface area contributed by atoms with Crippen LogP contribution < -0.4 is 5.32 Å². The van der Waals surface area contributed by atoms with Gasteiger partial charge in [-0.3, -0.25) is 4.79 Å². The zero-order chi connectivity index (χ0) is 16.8. The Morgan fingerprint density at radius 2 is 1.83 bits per heavy atom. The van der Waals surface area contributed by atoms with E-state index in [1.54, 1.807) is 6.07 Å². The molecule has 0 saturated heterocycles. The minimum Gasteiger partial charge on any atom is -0.507 e. The lowest BCUT2D eigenvalue weighted by molar-refractivity contribution is -0.124. The quantitative estimate of drug-likeness (QED) is 0.804. The molecule has 2 aromatic carbocycles. The van der Waals surface area contributed by atoms with Gasteiger partial charge in [-0.05, 0) is 35.2 Å². The number of benzene rings is 2. The van der Waals surface area contributed by atoms with Gasteiger partial charge in [0.1, 0.15) is 11.3 Å². The first kappa shape index (κ1) is 16.8. The number of hydrogen-bond donors (Lipinski definition) is 2. The van der Waals surface area contributed by atoms with E-state index in [0.717, 1.165) is 17.2 Å². The molecule has 23 heavy (non-hydrogen) atoms. The normalized spacial score (nSPS) is 10.7. The zero-order valence-electron chi connectivity index (χ0n) is 13.3. The van der Waals surface area contributed by atoms with E-state index in [0.29, 0.717) is 12.5 Å². The topological polar surface area (TPSA) is 75.6 Å². The molecule has 0 spiro atoms. The summed E-state index contributed by atoms with van der Waals surface area (Å²) < 4.78 is 4.97. The molecule has 2 rings (SSSR count). The molecule has 0 aliphatic rings. The third-order valence-corrected chi connectivity index (χ3v) is 3.46. The molecule has 0 unspecified atom stereocenters. The SMILES string of the molecule is CC(C)CCNC(=O)COC(=O)c1cc2ccccc2cc1O.